The number of nitrogens with one attached hydrogen (secondary N) is 1. The first-order valence-electron chi connectivity index (χ1n) is 10.8. The van der Waals surface area contributed by atoms with E-state index < -0.39 is 5.91 Å². The van der Waals surface area contributed by atoms with Crippen LogP contribution in [0.25, 0.3) is 5.57 Å². The molecule has 1 heterocycles. The van der Waals surface area contributed by atoms with Gasteiger partial charge in [0.15, 0.2) is 0 Å². The summed E-state index contributed by atoms with van der Waals surface area (Å²) < 4.78 is 5.52. The van der Waals surface area contributed by atoms with Crippen LogP contribution in [0.5, 0.6) is 5.75 Å². The summed E-state index contributed by atoms with van der Waals surface area (Å²) in [7, 11) is 0. The number of amides is 2. The zero-order chi connectivity index (χ0) is 23.7. The maximum absolute atomic E-state index is 13.6. The first-order valence-corrected chi connectivity index (χ1v) is 11.1. The minimum atomic E-state index is -0.413. The van der Waals surface area contributed by atoms with Crippen molar-refractivity contribution in [3.05, 3.63) is 93.6 Å². The molecule has 33 heavy (non-hydrogen) atoms. The van der Waals surface area contributed by atoms with Gasteiger partial charge in [0.25, 0.3) is 11.8 Å². The number of anilines is 2. The van der Waals surface area contributed by atoms with Gasteiger partial charge in [-0.3, -0.25) is 9.59 Å². The average Bonchev–Trinajstić information content (AvgIpc) is 3.03. The third-order valence-corrected chi connectivity index (χ3v) is 6.13. The fourth-order valence-electron chi connectivity index (χ4n) is 3.71. The summed E-state index contributed by atoms with van der Waals surface area (Å²) in [5.74, 6) is -0.0959. The van der Waals surface area contributed by atoms with E-state index in [-0.39, 0.29) is 11.6 Å². The van der Waals surface area contributed by atoms with Gasteiger partial charge in [-0.1, -0.05) is 35.9 Å². The molecule has 0 fully saturated rings. The molecule has 0 saturated heterocycles. The van der Waals surface area contributed by atoms with Gasteiger partial charge >= 0.3 is 0 Å². The fourth-order valence-corrected chi connectivity index (χ4v) is 3.89. The minimum Gasteiger partial charge on any atom is -0.494 e. The fraction of sp³-hybridized carbons (Fsp3) is 0.185. The van der Waals surface area contributed by atoms with Gasteiger partial charge in [0.2, 0.25) is 0 Å². The number of halogens is 1. The first kappa shape index (κ1) is 22.6. The summed E-state index contributed by atoms with van der Waals surface area (Å²) in [4.78, 5) is 28.4. The van der Waals surface area contributed by atoms with Crippen LogP contribution in [-0.4, -0.2) is 18.4 Å². The molecule has 0 aliphatic carbocycles. The van der Waals surface area contributed by atoms with Crippen molar-refractivity contribution >= 4 is 40.4 Å². The zero-order valence-corrected chi connectivity index (χ0v) is 19.8. The predicted molar refractivity (Wildman–Crippen MR) is 133 cm³/mol. The summed E-state index contributed by atoms with van der Waals surface area (Å²) in [6.07, 6.45) is 0. The van der Waals surface area contributed by atoms with E-state index in [1.54, 1.807) is 36.4 Å². The lowest BCUT2D eigenvalue weighted by Gasteiger charge is -2.17. The molecule has 0 spiro atoms. The van der Waals surface area contributed by atoms with Crippen molar-refractivity contribution in [1.82, 2.24) is 0 Å². The van der Waals surface area contributed by atoms with Gasteiger partial charge in [0, 0.05) is 10.7 Å². The van der Waals surface area contributed by atoms with Crippen molar-refractivity contribution < 1.29 is 14.3 Å². The SMILES string of the molecule is CCOc1ccc(C2=C(Nc3ccc(C)c(Cl)c3)C(=O)N(c3ccc(C)c(C)c3)C2=O)cc1. The normalized spacial score (nSPS) is 13.7. The van der Waals surface area contributed by atoms with Crippen LogP contribution < -0.4 is 15.0 Å². The number of aryl methyl sites for hydroxylation is 3. The standard InChI is InChI=1S/C27H25ClN2O3/c1-5-33-22-12-8-19(9-13-22)24-25(29-20-10-6-17(3)23(28)15-20)27(32)30(26(24)31)21-11-7-16(2)18(4)14-21/h6-15,29H,5H2,1-4H3. The predicted octanol–water partition coefficient (Wildman–Crippen LogP) is 6.06. The molecule has 4 rings (SSSR count). The molecule has 0 atom stereocenters. The van der Waals surface area contributed by atoms with Crippen LogP contribution in [0.3, 0.4) is 0 Å². The van der Waals surface area contributed by atoms with E-state index in [1.165, 1.54) is 4.90 Å². The molecule has 0 bridgehead atoms. The minimum absolute atomic E-state index is 0.210. The Hall–Kier alpha value is -3.57. The zero-order valence-electron chi connectivity index (χ0n) is 19.0. The molecule has 1 N–H and O–H groups in total. The maximum atomic E-state index is 13.6. The van der Waals surface area contributed by atoms with Gasteiger partial charge in [-0.05, 0) is 86.3 Å². The van der Waals surface area contributed by atoms with Gasteiger partial charge < -0.3 is 10.1 Å². The smallest absolute Gasteiger partial charge is 0.282 e. The second-order valence-electron chi connectivity index (χ2n) is 8.01. The Balaban J connectivity index is 1.80. The number of carbonyl (C=O) groups is 2. The Kier molecular flexibility index (Phi) is 6.25. The van der Waals surface area contributed by atoms with Crippen LogP contribution in [0, 0.1) is 20.8 Å². The summed E-state index contributed by atoms with van der Waals surface area (Å²) >= 11 is 6.29. The van der Waals surface area contributed by atoms with E-state index in [4.69, 9.17) is 16.3 Å². The number of benzene rings is 3. The molecule has 3 aromatic carbocycles. The molecule has 6 heteroatoms. The second kappa shape index (κ2) is 9.12. The highest BCUT2D eigenvalue weighted by Crippen LogP contribution is 2.35. The Morgan fingerprint density at radius 1 is 0.848 bits per heavy atom. The lowest BCUT2D eigenvalue weighted by atomic mass is 10.0. The highest BCUT2D eigenvalue weighted by Gasteiger charge is 2.40. The van der Waals surface area contributed by atoms with Gasteiger partial charge in [0.1, 0.15) is 11.4 Å². The molecule has 1 aliphatic rings. The lowest BCUT2D eigenvalue weighted by Crippen LogP contribution is -2.32. The number of hydrogen-bond donors (Lipinski definition) is 1. The van der Waals surface area contributed by atoms with E-state index in [0.717, 1.165) is 16.7 Å². The highest BCUT2D eigenvalue weighted by atomic mass is 35.5. The largest absolute Gasteiger partial charge is 0.494 e. The summed E-state index contributed by atoms with van der Waals surface area (Å²) in [6, 6.07) is 18.2. The molecule has 0 aromatic heterocycles. The van der Waals surface area contributed by atoms with Crippen molar-refractivity contribution in [1.29, 1.82) is 0 Å². The van der Waals surface area contributed by atoms with Gasteiger partial charge in [-0.25, -0.2) is 4.90 Å². The number of carbonyl (C=O) groups excluding carboxylic acids is 2. The summed E-state index contributed by atoms with van der Waals surface area (Å²) in [6.45, 7) is 8.30. The monoisotopic (exact) mass is 460 g/mol. The summed E-state index contributed by atoms with van der Waals surface area (Å²) in [5, 5.41) is 3.73. The first-order chi connectivity index (χ1) is 15.8. The van der Waals surface area contributed by atoms with Crippen LogP contribution >= 0.6 is 11.6 Å². The molecule has 3 aromatic rings. The molecule has 0 radical (unpaired) electrons. The number of rotatable bonds is 6. The van der Waals surface area contributed by atoms with Crippen LogP contribution in [0.15, 0.2) is 66.4 Å². The molecule has 5 nitrogen and oxygen atoms in total. The second-order valence-corrected chi connectivity index (χ2v) is 8.42. The Morgan fingerprint density at radius 2 is 1.55 bits per heavy atom. The molecule has 168 valence electrons. The lowest BCUT2D eigenvalue weighted by molar-refractivity contribution is -0.120. The van der Waals surface area contributed by atoms with E-state index in [2.05, 4.69) is 5.32 Å². The number of nitrogens with zero attached hydrogens (tertiary/aromatic N) is 1. The van der Waals surface area contributed by atoms with Gasteiger partial charge in [0.05, 0.1) is 17.9 Å². The van der Waals surface area contributed by atoms with Crippen molar-refractivity contribution in [3.63, 3.8) is 0 Å². The van der Waals surface area contributed by atoms with E-state index in [9.17, 15) is 9.59 Å². The highest BCUT2D eigenvalue weighted by molar-refractivity contribution is 6.46. The molecule has 1 aliphatic heterocycles. The van der Waals surface area contributed by atoms with E-state index in [1.807, 2.05) is 52.0 Å². The Bertz CT molecular complexity index is 1280. The van der Waals surface area contributed by atoms with Crippen LogP contribution in [-0.2, 0) is 9.59 Å². The molecular formula is C27H25ClN2O3. The number of imide groups is 1. The Morgan fingerprint density at radius 3 is 2.18 bits per heavy atom. The average molecular weight is 461 g/mol. The van der Waals surface area contributed by atoms with E-state index in [0.29, 0.717) is 39.9 Å². The molecule has 0 unspecified atom stereocenters. The van der Waals surface area contributed by atoms with Crippen LogP contribution in [0.4, 0.5) is 11.4 Å². The quantitative estimate of drug-likeness (QED) is 0.454. The third-order valence-electron chi connectivity index (χ3n) is 5.73. The van der Waals surface area contributed by atoms with Crippen molar-refractivity contribution in [3.8, 4) is 5.75 Å². The molecule has 2 amide bonds. The number of ether oxygens (including phenoxy) is 1. The molecular weight excluding hydrogens is 436 g/mol. The number of hydrogen-bond acceptors (Lipinski definition) is 4. The van der Waals surface area contributed by atoms with Gasteiger partial charge in [-0.15, -0.1) is 0 Å². The van der Waals surface area contributed by atoms with Crippen molar-refractivity contribution in [2.45, 2.75) is 27.7 Å². The summed E-state index contributed by atoms with van der Waals surface area (Å²) in [5.41, 5.74) is 5.33. The van der Waals surface area contributed by atoms with Crippen molar-refractivity contribution in [2.24, 2.45) is 0 Å². The van der Waals surface area contributed by atoms with Crippen molar-refractivity contribution in [2.75, 3.05) is 16.8 Å². The third kappa shape index (κ3) is 4.37. The Labute approximate surface area is 198 Å². The molecule has 0 saturated carbocycles. The van der Waals surface area contributed by atoms with Crippen LogP contribution in [0.1, 0.15) is 29.2 Å². The maximum Gasteiger partial charge on any atom is 0.282 e. The van der Waals surface area contributed by atoms with Crippen LogP contribution in [0.2, 0.25) is 5.02 Å². The van der Waals surface area contributed by atoms with E-state index >= 15 is 0 Å². The van der Waals surface area contributed by atoms with Gasteiger partial charge in [-0.2, -0.15) is 0 Å². The topological polar surface area (TPSA) is 58.6 Å².